The summed E-state index contributed by atoms with van der Waals surface area (Å²) >= 11 is 0. The molecule has 1 aliphatic rings. The van der Waals surface area contributed by atoms with E-state index >= 15 is 0 Å². The van der Waals surface area contributed by atoms with E-state index in [2.05, 4.69) is 24.1 Å². The van der Waals surface area contributed by atoms with Gasteiger partial charge in [0.05, 0.1) is 5.75 Å². The molecule has 0 aromatic heterocycles. The Morgan fingerprint density at radius 3 is 2.26 bits per heavy atom. The van der Waals surface area contributed by atoms with Crippen LogP contribution in [0.1, 0.15) is 52.4 Å². The van der Waals surface area contributed by atoms with Gasteiger partial charge in [-0.25, -0.2) is 12.7 Å². The first-order valence-corrected chi connectivity index (χ1v) is 11.7. The van der Waals surface area contributed by atoms with Gasteiger partial charge in [-0.05, 0) is 63.8 Å². The smallest absolute Gasteiger partial charge is 0.224 e. The summed E-state index contributed by atoms with van der Waals surface area (Å²) in [5, 5.41) is 2.89. The minimum absolute atomic E-state index is 0.0686. The maximum Gasteiger partial charge on any atom is 0.224 e. The third-order valence-corrected chi connectivity index (χ3v) is 7.00. The molecule has 1 aliphatic heterocycles. The first-order valence-electron chi connectivity index (χ1n) is 10.1. The average molecular weight is 396 g/mol. The molecule has 1 aromatic carbocycles. The molecule has 1 heterocycles. The topological polar surface area (TPSA) is 69.7 Å². The number of rotatable bonds is 10. The quantitative estimate of drug-likeness (QED) is 0.616. The lowest BCUT2D eigenvalue weighted by Crippen LogP contribution is -2.37. The second kappa shape index (κ2) is 10.7. The SMILES string of the molecule is CCN(CC)c1ccc(NC(=O)CCCCS(=O)(=O)N2CCCCC2)cc1. The molecule has 0 bridgehead atoms. The standard InChI is InChI=1S/C20H33N3O3S/c1-3-22(4-2)19-13-11-18(12-14-19)21-20(24)10-6-9-17-27(25,26)23-15-7-5-8-16-23/h11-14H,3-10,15-17H2,1-2H3,(H,21,24). The van der Waals surface area contributed by atoms with E-state index in [9.17, 15) is 13.2 Å². The van der Waals surface area contributed by atoms with Gasteiger partial charge in [0, 0.05) is 44.0 Å². The van der Waals surface area contributed by atoms with E-state index in [1.165, 1.54) is 0 Å². The van der Waals surface area contributed by atoms with Crippen LogP contribution >= 0.6 is 0 Å². The number of unbranched alkanes of at least 4 members (excludes halogenated alkanes) is 1. The van der Waals surface area contributed by atoms with Crippen LogP contribution in [0.25, 0.3) is 0 Å². The van der Waals surface area contributed by atoms with Crippen molar-refractivity contribution < 1.29 is 13.2 Å². The highest BCUT2D eigenvalue weighted by molar-refractivity contribution is 7.89. The molecule has 152 valence electrons. The lowest BCUT2D eigenvalue weighted by atomic mass is 10.2. The van der Waals surface area contributed by atoms with E-state index in [0.717, 1.165) is 43.7 Å². The number of piperidine rings is 1. The number of nitrogens with zero attached hydrogens (tertiary/aromatic N) is 2. The van der Waals surface area contributed by atoms with Crippen molar-refractivity contribution in [2.75, 3.05) is 42.1 Å². The van der Waals surface area contributed by atoms with Gasteiger partial charge in [0.15, 0.2) is 0 Å². The monoisotopic (exact) mass is 395 g/mol. The molecule has 1 fully saturated rings. The summed E-state index contributed by atoms with van der Waals surface area (Å²) in [6.07, 6.45) is 4.46. The molecule has 7 heteroatoms. The number of hydrogen-bond acceptors (Lipinski definition) is 4. The van der Waals surface area contributed by atoms with Crippen molar-refractivity contribution in [2.24, 2.45) is 0 Å². The molecule has 2 rings (SSSR count). The number of carbonyl (C=O) groups excluding carboxylic acids is 1. The van der Waals surface area contributed by atoms with Gasteiger partial charge in [0.2, 0.25) is 15.9 Å². The number of carbonyl (C=O) groups is 1. The number of hydrogen-bond donors (Lipinski definition) is 1. The molecule has 1 aromatic rings. The molecule has 0 unspecified atom stereocenters. The molecule has 0 spiro atoms. The number of sulfonamides is 1. The van der Waals surface area contributed by atoms with Crippen LogP contribution in [-0.2, 0) is 14.8 Å². The molecule has 6 nitrogen and oxygen atoms in total. The predicted molar refractivity (Wildman–Crippen MR) is 112 cm³/mol. The van der Waals surface area contributed by atoms with Crippen molar-refractivity contribution in [1.82, 2.24) is 4.31 Å². The summed E-state index contributed by atoms with van der Waals surface area (Å²) < 4.78 is 26.2. The van der Waals surface area contributed by atoms with Gasteiger partial charge in [-0.1, -0.05) is 6.42 Å². The van der Waals surface area contributed by atoms with E-state index < -0.39 is 10.0 Å². The maximum absolute atomic E-state index is 12.3. The van der Waals surface area contributed by atoms with Gasteiger partial charge in [-0.2, -0.15) is 0 Å². The molecule has 1 N–H and O–H groups in total. The molecule has 0 aliphatic carbocycles. The van der Waals surface area contributed by atoms with Gasteiger partial charge in [0.1, 0.15) is 0 Å². The summed E-state index contributed by atoms with van der Waals surface area (Å²) in [6.45, 7) is 7.42. The van der Waals surface area contributed by atoms with Crippen molar-refractivity contribution in [3.8, 4) is 0 Å². The Morgan fingerprint density at radius 2 is 1.67 bits per heavy atom. The molecular formula is C20H33N3O3S. The summed E-state index contributed by atoms with van der Waals surface area (Å²) in [5.41, 5.74) is 1.91. The van der Waals surface area contributed by atoms with E-state index in [1.54, 1.807) is 4.31 Å². The van der Waals surface area contributed by atoms with Crippen LogP contribution < -0.4 is 10.2 Å². The lowest BCUT2D eigenvalue weighted by molar-refractivity contribution is -0.116. The van der Waals surface area contributed by atoms with Gasteiger partial charge in [-0.3, -0.25) is 4.79 Å². The highest BCUT2D eigenvalue weighted by Gasteiger charge is 2.23. The van der Waals surface area contributed by atoms with Crippen LogP contribution in [-0.4, -0.2) is 50.6 Å². The molecule has 0 saturated carbocycles. The normalized spacial score (nSPS) is 15.5. The number of nitrogens with one attached hydrogen (secondary N) is 1. The van der Waals surface area contributed by atoms with Crippen molar-refractivity contribution in [1.29, 1.82) is 0 Å². The van der Waals surface area contributed by atoms with Crippen molar-refractivity contribution in [2.45, 2.75) is 52.4 Å². The third-order valence-electron chi connectivity index (χ3n) is 5.04. The van der Waals surface area contributed by atoms with Crippen LogP contribution in [0, 0.1) is 0 Å². The molecular weight excluding hydrogens is 362 g/mol. The molecule has 1 saturated heterocycles. The number of amides is 1. The fourth-order valence-electron chi connectivity index (χ4n) is 3.41. The Balaban J connectivity index is 1.71. The second-order valence-electron chi connectivity index (χ2n) is 7.00. The van der Waals surface area contributed by atoms with Crippen LogP contribution in [0.4, 0.5) is 11.4 Å². The Labute approximate surface area is 164 Å². The zero-order valence-electron chi connectivity index (χ0n) is 16.6. The minimum atomic E-state index is -3.16. The highest BCUT2D eigenvalue weighted by Crippen LogP contribution is 2.18. The van der Waals surface area contributed by atoms with E-state index in [4.69, 9.17) is 0 Å². The third kappa shape index (κ3) is 6.81. The molecule has 0 radical (unpaired) electrons. The van der Waals surface area contributed by atoms with Gasteiger partial charge in [0.25, 0.3) is 0 Å². The molecule has 27 heavy (non-hydrogen) atoms. The van der Waals surface area contributed by atoms with Crippen molar-refractivity contribution in [3.63, 3.8) is 0 Å². The lowest BCUT2D eigenvalue weighted by Gasteiger charge is -2.25. The summed E-state index contributed by atoms with van der Waals surface area (Å²) in [4.78, 5) is 14.3. The summed E-state index contributed by atoms with van der Waals surface area (Å²) in [7, 11) is -3.16. The van der Waals surface area contributed by atoms with E-state index in [-0.39, 0.29) is 11.7 Å². The van der Waals surface area contributed by atoms with Gasteiger partial charge >= 0.3 is 0 Å². The van der Waals surface area contributed by atoms with E-state index in [1.807, 2.05) is 24.3 Å². The largest absolute Gasteiger partial charge is 0.372 e. The van der Waals surface area contributed by atoms with Crippen molar-refractivity contribution in [3.05, 3.63) is 24.3 Å². The zero-order chi connectivity index (χ0) is 19.7. The Morgan fingerprint density at radius 1 is 1.04 bits per heavy atom. The maximum atomic E-state index is 12.3. The number of anilines is 2. The predicted octanol–water partition coefficient (Wildman–Crippen LogP) is 3.46. The second-order valence-corrected chi connectivity index (χ2v) is 9.09. The highest BCUT2D eigenvalue weighted by atomic mass is 32.2. The van der Waals surface area contributed by atoms with Crippen LogP contribution in [0.5, 0.6) is 0 Å². The Kier molecular flexibility index (Phi) is 8.57. The van der Waals surface area contributed by atoms with Crippen LogP contribution in [0.3, 0.4) is 0 Å². The van der Waals surface area contributed by atoms with Crippen LogP contribution in [0.15, 0.2) is 24.3 Å². The fraction of sp³-hybridized carbons (Fsp3) is 0.650. The zero-order valence-corrected chi connectivity index (χ0v) is 17.4. The van der Waals surface area contributed by atoms with E-state index in [0.29, 0.717) is 32.4 Å². The number of benzene rings is 1. The first kappa shape index (κ1) is 21.7. The summed E-state index contributed by atoms with van der Waals surface area (Å²) in [6, 6.07) is 7.83. The molecule has 0 atom stereocenters. The first-order chi connectivity index (χ1) is 13.0. The van der Waals surface area contributed by atoms with Gasteiger partial charge in [-0.15, -0.1) is 0 Å². The fourth-order valence-corrected chi connectivity index (χ4v) is 5.05. The van der Waals surface area contributed by atoms with Gasteiger partial charge < -0.3 is 10.2 Å². The van der Waals surface area contributed by atoms with Crippen LogP contribution in [0.2, 0.25) is 0 Å². The minimum Gasteiger partial charge on any atom is -0.372 e. The summed E-state index contributed by atoms with van der Waals surface area (Å²) in [5.74, 6) is 0.0692. The molecule has 1 amide bonds. The Bertz CT molecular complexity index is 679. The van der Waals surface area contributed by atoms with Crippen molar-refractivity contribution >= 4 is 27.3 Å². The Hall–Kier alpha value is -1.60. The average Bonchev–Trinajstić information content (AvgIpc) is 2.68.